The van der Waals surface area contributed by atoms with Crippen LogP contribution < -0.4 is 0 Å². The van der Waals surface area contributed by atoms with E-state index in [4.69, 9.17) is 0 Å². The Morgan fingerprint density at radius 2 is 2.31 bits per heavy atom. The van der Waals surface area contributed by atoms with Crippen molar-refractivity contribution in [2.24, 2.45) is 0 Å². The minimum absolute atomic E-state index is 0.240. The van der Waals surface area contributed by atoms with Crippen LogP contribution in [0, 0.1) is 6.92 Å². The summed E-state index contributed by atoms with van der Waals surface area (Å²) in [5.74, 6) is 0.240. The summed E-state index contributed by atoms with van der Waals surface area (Å²) in [5.41, 5.74) is 0. The SMILES string of the molecule is CCC1CCCCN1C(=O)c1ccc(C)s1. The van der Waals surface area contributed by atoms with Gasteiger partial charge in [0.25, 0.3) is 5.91 Å². The van der Waals surface area contributed by atoms with Crippen molar-refractivity contribution in [1.82, 2.24) is 4.90 Å². The van der Waals surface area contributed by atoms with Gasteiger partial charge in [0.1, 0.15) is 0 Å². The second-order valence-electron chi connectivity index (χ2n) is 4.47. The fraction of sp³-hybridized carbons (Fsp3) is 0.615. The third-order valence-corrected chi connectivity index (χ3v) is 4.30. The first-order chi connectivity index (χ1) is 7.72. The van der Waals surface area contributed by atoms with Crippen LogP contribution >= 0.6 is 11.3 Å². The van der Waals surface area contributed by atoms with Gasteiger partial charge in [0.2, 0.25) is 0 Å². The zero-order valence-corrected chi connectivity index (χ0v) is 10.8. The van der Waals surface area contributed by atoms with Gasteiger partial charge in [-0.1, -0.05) is 6.92 Å². The smallest absolute Gasteiger partial charge is 0.264 e. The van der Waals surface area contributed by atoms with E-state index >= 15 is 0 Å². The molecule has 16 heavy (non-hydrogen) atoms. The molecule has 1 atom stereocenters. The Balaban J connectivity index is 2.13. The molecule has 0 spiro atoms. The lowest BCUT2D eigenvalue weighted by atomic mass is 10.00. The largest absolute Gasteiger partial charge is 0.335 e. The van der Waals surface area contributed by atoms with Crippen LogP contribution in [0.4, 0.5) is 0 Å². The minimum atomic E-state index is 0.240. The first-order valence-electron chi connectivity index (χ1n) is 6.09. The van der Waals surface area contributed by atoms with Gasteiger partial charge in [-0.25, -0.2) is 0 Å². The highest BCUT2D eigenvalue weighted by Crippen LogP contribution is 2.24. The van der Waals surface area contributed by atoms with Crippen molar-refractivity contribution in [3.8, 4) is 0 Å². The average Bonchev–Trinajstić information content (AvgIpc) is 2.75. The van der Waals surface area contributed by atoms with Gasteiger partial charge in [-0.3, -0.25) is 4.79 Å². The molecule has 1 unspecified atom stereocenters. The Hall–Kier alpha value is -0.830. The van der Waals surface area contributed by atoms with Crippen LogP contribution in [0.15, 0.2) is 12.1 Å². The lowest BCUT2D eigenvalue weighted by molar-refractivity contribution is 0.0613. The van der Waals surface area contributed by atoms with E-state index < -0.39 is 0 Å². The van der Waals surface area contributed by atoms with Gasteiger partial charge in [0, 0.05) is 17.5 Å². The summed E-state index contributed by atoms with van der Waals surface area (Å²) in [6, 6.07) is 4.45. The lowest BCUT2D eigenvalue weighted by Gasteiger charge is -2.35. The quantitative estimate of drug-likeness (QED) is 0.771. The number of nitrogens with zero attached hydrogens (tertiary/aromatic N) is 1. The number of thiophene rings is 1. The van der Waals surface area contributed by atoms with Gasteiger partial charge < -0.3 is 4.90 Å². The second kappa shape index (κ2) is 5.00. The van der Waals surface area contributed by atoms with Gasteiger partial charge in [-0.05, 0) is 44.7 Å². The predicted octanol–water partition coefficient (Wildman–Crippen LogP) is 3.46. The molecule has 0 aromatic carbocycles. The second-order valence-corrected chi connectivity index (χ2v) is 5.75. The molecule has 1 fully saturated rings. The summed E-state index contributed by atoms with van der Waals surface area (Å²) in [4.78, 5) is 16.5. The van der Waals surface area contributed by atoms with E-state index in [2.05, 4.69) is 18.7 Å². The Bertz CT molecular complexity index is 372. The molecule has 2 nitrogen and oxygen atoms in total. The maximum atomic E-state index is 12.3. The van der Waals surface area contributed by atoms with Crippen molar-refractivity contribution < 1.29 is 4.79 Å². The van der Waals surface area contributed by atoms with Crippen molar-refractivity contribution in [2.75, 3.05) is 6.54 Å². The number of carbonyl (C=O) groups is 1. The molecule has 1 aliphatic rings. The molecule has 0 bridgehead atoms. The first kappa shape index (κ1) is 11.6. The first-order valence-corrected chi connectivity index (χ1v) is 6.91. The number of piperidine rings is 1. The van der Waals surface area contributed by atoms with Crippen molar-refractivity contribution in [1.29, 1.82) is 0 Å². The van der Waals surface area contributed by atoms with Gasteiger partial charge in [0.05, 0.1) is 4.88 Å². The monoisotopic (exact) mass is 237 g/mol. The van der Waals surface area contributed by atoms with Crippen molar-refractivity contribution in [3.05, 3.63) is 21.9 Å². The Labute approximate surface area is 101 Å². The van der Waals surface area contributed by atoms with Crippen LogP contribution in [0.3, 0.4) is 0 Å². The lowest BCUT2D eigenvalue weighted by Crippen LogP contribution is -2.43. The number of likely N-dealkylation sites (tertiary alicyclic amines) is 1. The molecular weight excluding hydrogens is 218 g/mol. The van der Waals surface area contributed by atoms with E-state index in [1.165, 1.54) is 17.7 Å². The van der Waals surface area contributed by atoms with Crippen molar-refractivity contribution in [2.45, 2.75) is 45.6 Å². The van der Waals surface area contributed by atoms with Crippen LogP contribution in [-0.4, -0.2) is 23.4 Å². The zero-order valence-electron chi connectivity index (χ0n) is 10.0. The van der Waals surface area contributed by atoms with E-state index in [0.29, 0.717) is 6.04 Å². The standard InChI is InChI=1S/C13H19NOS/c1-3-11-6-4-5-9-14(11)13(15)12-8-7-10(2)16-12/h7-8,11H,3-6,9H2,1-2H3. The summed E-state index contributed by atoms with van der Waals surface area (Å²) in [6.07, 6.45) is 4.68. The summed E-state index contributed by atoms with van der Waals surface area (Å²) in [7, 11) is 0. The van der Waals surface area contributed by atoms with Crippen LogP contribution in [0.25, 0.3) is 0 Å². The van der Waals surface area contributed by atoms with Gasteiger partial charge in [0.15, 0.2) is 0 Å². The Kier molecular flexibility index (Phi) is 3.64. The number of rotatable bonds is 2. The normalized spacial score (nSPS) is 21.1. The van der Waals surface area contributed by atoms with E-state index in [1.54, 1.807) is 11.3 Å². The summed E-state index contributed by atoms with van der Waals surface area (Å²) in [5, 5.41) is 0. The van der Waals surface area contributed by atoms with E-state index in [-0.39, 0.29) is 5.91 Å². The predicted molar refractivity (Wildman–Crippen MR) is 68.0 cm³/mol. The van der Waals surface area contributed by atoms with Crippen LogP contribution in [0.2, 0.25) is 0 Å². The molecule has 0 N–H and O–H groups in total. The fourth-order valence-electron chi connectivity index (χ4n) is 2.38. The molecule has 1 aromatic rings. The summed E-state index contributed by atoms with van der Waals surface area (Å²) in [6.45, 7) is 5.17. The van der Waals surface area contributed by atoms with Crippen molar-refractivity contribution >= 4 is 17.2 Å². The van der Waals surface area contributed by atoms with E-state index in [1.807, 2.05) is 12.1 Å². The molecule has 0 aliphatic carbocycles. The third kappa shape index (κ3) is 2.29. The molecule has 2 heterocycles. The minimum Gasteiger partial charge on any atom is -0.335 e. The van der Waals surface area contributed by atoms with Gasteiger partial charge in [-0.15, -0.1) is 11.3 Å². The Morgan fingerprint density at radius 1 is 1.50 bits per heavy atom. The number of hydrogen-bond acceptors (Lipinski definition) is 2. The van der Waals surface area contributed by atoms with Gasteiger partial charge in [-0.2, -0.15) is 0 Å². The van der Waals surface area contributed by atoms with Crippen LogP contribution in [0.5, 0.6) is 0 Å². The molecule has 0 radical (unpaired) electrons. The highest BCUT2D eigenvalue weighted by molar-refractivity contribution is 7.13. The molecule has 2 rings (SSSR count). The number of carbonyl (C=O) groups excluding carboxylic acids is 1. The molecule has 1 saturated heterocycles. The van der Waals surface area contributed by atoms with E-state index in [0.717, 1.165) is 24.3 Å². The summed E-state index contributed by atoms with van der Waals surface area (Å²) >= 11 is 1.61. The third-order valence-electron chi connectivity index (χ3n) is 3.31. The number of hydrogen-bond donors (Lipinski definition) is 0. The number of amides is 1. The fourth-order valence-corrected chi connectivity index (χ4v) is 3.21. The van der Waals surface area contributed by atoms with Crippen LogP contribution in [0.1, 0.15) is 47.2 Å². The molecule has 0 saturated carbocycles. The molecule has 1 aliphatic heterocycles. The molecular formula is C13H19NOS. The highest BCUT2D eigenvalue weighted by atomic mass is 32.1. The molecule has 1 amide bonds. The molecule has 1 aromatic heterocycles. The topological polar surface area (TPSA) is 20.3 Å². The summed E-state index contributed by atoms with van der Waals surface area (Å²) < 4.78 is 0. The zero-order chi connectivity index (χ0) is 11.5. The number of aryl methyl sites for hydroxylation is 1. The van der Waals surface area contributed by atoms with E-state index in [9.17, 15) is 4.79 Å². The van der Waals surface area contributed by atoms with Crippen molar-refractivity contribution in [3.63, 3.8) is 0 Å². The van der Waals surface area contributed by atoms with Crippen LogP contribution in [-0.2, 0) is 0 Å². The highest BCUT2D eigenvalue weighted by Gasteiger charge is 2.26. The average molecular weight is 237 g/mol. The Morgan fingerprint density at radius 3 is 2.94 bits per heavy atom. The van der Waals surface area contributed by atoms with Gasteiger partial charge >= 0.3 is 0 Å². The molecule has 3 heteroatoms. The molecule has 88 valence electrons. The maximum absolute atomic E-state index is 12.3. The maximum Gasteiger partial charge on any atom is 0.264 e.